The van der Waals surface area contributed by atoms with Gasteiger partial charge in [0.1, 0.15) is 5.75 Å². The molecular weight excluding hydrogens is 226 g/mol. The quantitative estimate of drug-likeness (QED) is 0.871. The zero-order chi connectivity index (χ0) is 12.4. The topological polar surface area (TPSA) is 30.5 Å². The standard InChI is InChI=1S/C15H21NO2/c1-17-14-4-2-3-13-12(5-8-16-15(13)14)11-6-9-18-10-7-11/h2-4,11-12,16H,5-10H2,1H3. The molecule has 3 rings (SSSR count). The molecule has 1 unspecified atom stereocenters. The first-order valence-corrected chi connectivity index (χ1v) is 6.88. The van der Waals surface area contributed by atoms with Crippen molar-refractivity contribution in [2.24, 2.45) is 5.92 Å². The Morgan fingerprint density at radius 3 is 2.83 bits per heavy atom. The Morgan fingerprint density at radius 2 is 2.06 bits per heavy atom. The fourth-order valence-electron chi connectivity index (χ4n) is 3.33. The van der Waals surface area contributed by atoms with E-state index in [-0.39, 0.29) is 0 Å². The first-order valence-electron chi connectivity index (χ1n) is 6.88. The van der Waals surface area contributed by atoms with Gasteiger partial charge in [-0.15, -0.1) is 0 Å². The molecule has 1 saturated heterocycles. The lowest BCUT2D eigenvalue weighted by atomic mass is 9.77. The van der Waals surface area contributed by atoms with Gasteiger partial charge in [0.25, 0.3) is 0 Å². The molecule has 2 aliphatic rings. The van der Waals surface area contributed by atoms with Gasteiger partial charge >= 0.3 is 0 Å². The van der Waals surface area contributed by atoms with Crippen LogP contribution in [0.1, 0.15) is 30.7 Å². The molecule has 1 atom stereocenters. The predicted octanol–water partition coefficient (Wildman–Crippen LogP) is 3.02. The van der Waals surface area contributed by atoms with E-state index in [1.807, 2.05) is 6.07 Å². The Bertz CT molecular complexity index is 413. The summed E-state index contributed by atoms with van der Waals surface area (Å²) < 4.78 is 10.9. The number of ether oxygens (including phenoxy) is 2. The van der Waals surface area contributed by atoms with Crippen molar-refractivity contribution in [1.82, 2.24) is 0 Å². The fourth-order valence-corrected chi connectivity index (χ4v) is 3.33. The largest absolute Gasteiger partial charge is 0.495 e. The van der Waals surface area contributed by atoms with E-state index in [9.17, 15) is 0 Å². The van der Waals surface area contributed by atoms with Crippen LogP contribution in [-0.4, -0.2) is 26.9 Å². The number of hydrogen-bond donors (Lipinski definition) is 1. The Kier molecular flexibility index (Phi) is 3.41. The van der Waals surface area contributed by atoms with Crippen LogP contribution in [0.25, 0.3) is 0 Å². The number of benzene rings is 1. The molecule has 1 N–H and O–H groups in total. The minimum Gasteiger partial charge on any atom is -0.495 e. The molecule has 0 aliphatic carbocycles. The SMILES string of the molecule is COc1cccc2c1NCCC2C1CCOCC1. The lowest BCUT2D eigenvalue weighted by Gasteiger charge is -2.35. The lowest BCUT2D eigenvalue weighted by Crippen LogP contribution is -2.27. The van der Waals surface area contributed by atoms with Gasteiger partial charge < -0.3 is 14.8 Å². The molecule has 2 aliphatic heterocycles. The van der Waals surface area contributed by atoms with Gasteiger partial charge in [0, 0.05) is 19.8 Å². The molecule has 98 valence electrons. The van der Waals surface area contributed by atoms with Gasteiger partial charge in [-0.25, -0.2) is 0 Å². The van der Waals surface area contributed by atoms with Crippen LogP contribution >= 0.6 is 0 Å². The molecule has 0 spiro atoms. The normalized spacial score (nSPS) is 24.2. The smallest absolute Gasteiger partial charge is 0.142 e. The van der Waals surface area contributed by atoms with Crippen molar-refractivity contribution in [1.29, 1.82) is 0 Å². The van der Waals surface area contributed by atoms with Crippen molar-refractivity contribution in [3.63, 3.8) is 0 Å². The van der Waals surface area contributed by atoms with Crippen LogP contribution in [0.2, 0.25) is 0 Å². The second-order valence-electron chi connectivity index (χ2n) is 5.20. The van der Waals surface area contributed by atoms with Crippen LogP contribution in [0, 0.1) is 5.92 Å². The van der Waals surface area contributed by atoms with E-state index < -0.39 is 0 Å². The maximum atomic E-state index is 5.48. The van der Waals surface area contributed by atoms with Gasteiger partial charge in [-0.3, -0.25) is 0 Å². The summed E-state index contributed by atoms with van der Waals surface area (Å²) in [5, 5.41) is 3.49. The van der Waals surface area contributed by atoms with Crippen molar-refractivity contribution < 1.29 is 9.47 Å². The van der Waals surface area contributed by atoms with Crippen molar-refractivity contribution in [3.8, 4) is 5.75 Å². The van der Waals surface area contributed by atoms with Crippen LogP contribution < -0.4 is 10.1 Å². The minimum atomic E-state index is 0.667. The van der Waals surface area contributed by atoms with Gasteiger partial charge in [0.05, 0.1) is 12.8 Å². The average Bonchev–Trinajstić information content (AvgIpc) is 2.47. The zero-order valence-electron chi connectivity index (χ0n) is 10.9. The highest BCUT2D eigenvalue weighted by Gasteiger charge is 2.30. The Morgan fingerprint density at radius 1 is 1.22 bits per heavy atom. The molecule has 0 radical (unpaired) electrons. The summed E-state index contributed by atoms with van der Waals surface area (Å²) >= 11 is 0. The van der Waals surface area contributed by atoms with E-state index in [1.165, 1.54) is 30.5 Å². The van der Waals surface area contributed by atoms with Gasteiger partial charge in [-0.1, -0.05) is 12.1 Å². The van der Waals surface area contributed by atoms with Crippen molar-refractivity contribution >= 4 is 5.69 Å². The molecule has 18 heavy (non-hydrogen) atoms. The van der Waals surface area contributed by atoms with E-state index in [4.69, 9.17) is 9.47 Å². The summed E-state index contributed by atoms with van der Waals surface area (Å²) in [6, 6.07) is 6.40. The fraction of sp³-hybridized carbons (Fsp3) is 0.600. The Hall–Kier alpha value is -1.22. The lowest BCUT2D eigenvalue weighted by molar-refractivity contribution is 0.0568. The van der Waals surface area contributed by atoms with E-state index in [0.29, 0.717) is 5.92 Å². The predicted molar refractivity (Wildman–Crippen MR) is 72.4 cm³/mol. The number of hydrogen-bond acceptors (Lipinski definition) is 3. The van der Waals surface area contributed by atoms with Crippen molar-refractivity contribution in [2.45, 2.75) is 25.2 Å². The highest BCUT2D eigenvalue weighted by atomic mass is 16.5. The van der Waals surface area contributed by atoms with Gasteiger partial charge in [0.15, 0.2) is 0 Å². The second-order valence-corrected chi connectivity index (χ2v) is 5.20. The van der Waals surface area contributed by atoms with Gasteiger partial charge in [-0.2, -0.15) is 0 Å². The molecule has 0 amide bonds. The molecule has 1 aromatic carbocycles. The first-order chi connectivity index (χ1) is 8.90. The molecule has 3 nitrogen and oxygen atoms in total. The third-order valence-corrected chi connectivity index (χ3v) is 4.27. The number of fused-ring (bicyclic) bond motifs is 1. The van der Waals surface area contributed by atoms with E-state index in [2.05, 4.69) is 17.4 Å². The highest BCUT2D eigenvalue weighted by Crippen LogP contribution is 2.43. The van der Waals surface area contributed by atoms with Gasteiger partial charge in [-0.05, 0) is 42.7 Å². The van der Waals surface area contributed by atoms with E-state index >= 15 is 0 Å². The molecule has 2 heterocycles. The van der Waals surface area contributed by atoms with Gasteiger partial charge in [0.2, 0.25) is 0 Å². The molecule has 1 aromatic rings. The molecule has 0 aromatic heterocycles. The Balaban J connectivity index is 1.91. The summed E-state index contributed by atoms with van der Waals surface area (Å²) in [7, 11) is 1.75. The van der Waals surface area contributed by atoms with Crippen LogP contribution in [0.15, 0.2) is 18.2 Å². The monoisotopic (exact) mass is 247 g/mol. The second kappa shape index (κ2) is 5.19. The number of rotatable bonds is 2. The van der Waals surface area contributed by atoms with Crippen molar-refractivity contribution in [3.05, 3.63) is 23.8 Å². The van der Waals surface area contributed by atoms with Crippen LogP contribution in [0.4, 0.5) is 5.69 Å². The minimum absolute atomic E-state index is 0.667. The molecule has 3 heteroatoms. The maximum Gasteiger partial charge on any atom is 0.142 e. The summed E-state index contributed by atoms with van der Waals surface area (Å²) in [5.41, 5.74) is 2.65. The van der Waals surface area contributed by atoms with E-state index in [1.54, 1.807) is 7.11 Å². The van der Waals surface area contributed by atoms with Crippen LogP contribution in [0.5, 0.6) is 5.75 Å². The number of nitrogens with one attached hydrogen (secondary N) is 1. The zero-order valence-corrected chi connectivity index (χ0v) is 10.9. The van der Waals surface area contributed by atoms with Crippen LogP contribution in [0.3, 0.4) is 0 Å². The number of para-hydroxylation sites is 1. The summed E-state index contributed by atoms with van der Waals surface area (Å²) in [5.74, 6) is 2.41. The van der Waals surface area contributed by atoms with E-state index in [0.717, 1.165) is 31.4 Å². The maximum absolute atomic E-state index is 5.48. The third kappa shape index (κ3) is 2.07. The average molecular weight is 247 g/mol. The third-order valence-electron chi connectivity index (χ3n) is 4.27. The number of methoxy groups -OCH3 is 1. The summed E-state index contributed by atoms with van der Waals surface area (Å²) in [6.07, 6.45) is 3.62. The number of anilines is 1. The molecule has 0 bridgehead atoms. The molecule has 1 fully saturated rings. The summed E-state index contributed by atoms with van der Waals surface area (Å²) in [4.78, 5) is 0. The Labute approximate surface area is 108 Å². The highest BCUT2D eigenvalue weighted by molar-refractivity contribution is 5.64. The first kappa shape index (κ1) is 11.8. The summed E-state index contributed by atoms with van der Waals surface area (Å²) in [6.45, 7) is 2.90. The molecule has 0 saturated carbocycles. The van der Waals surface area contributed by atoms with Crippen molar-refractivity contribution in [2.75, 3.05) is 32.2 Å². The van der Waals surface area contributed by atoms with Crippen LogP contribution in [-0.2, 0) is 4.74 Å². The molecular formula is C15H21NO2.